The highest BCUT2D eigenvalue weighted by Crippen LogP contribution is 2.06. The monoisotopic (exact) mass is 295 g/mol. The van der Waals surface area contributed by atoms with Crippen LogP contribution in [-0.4, -0.2) is 90.3 Å². The summed E-state index contributed by atoms with van der Waals surface area (Å²) in [7, 11) is 0. The van der Waals surface area contributed by atoms with Gasteiger partial charge >= 0.3 is 11.9 Å². The summed E-state index contributed by atoms with van der Waals surface area (Å²) in [6.07, 6.45) is -8.81. The highest BCUT2D eigenvalue weighted by atomic mass is 16.4. The molecule has 4 unspecified atom stereocenters. The third-order valence-electron chi connectivity index (χ3n) is 2.13. The van der Waals surface area contributed by atoms with Gasteiger partial charge in [-0.3, -0.25) is 4.79 Å². The van der Waals surface area contributed by atoms with E-state index in [-0.39, 0.29) is 0 Å². The molecule has 0 fully saturated rings. The Morgan fingerprint density at radius 3 is 1.70 bits per heavy atom. The van der Waals surface area contributed by atoms with E-state index >= 15 is 0 Å². The minimum atomic E-state index is -2.49. The Morgan fingerprint density at radius 2 is 1.35 bits per heavy atom. The van der Waals surface area contributed by atoms with Gasteiger partial charge in [-0.15, -0.1) is 0 Å². The van der Waals surface area contributed by atoms with Crippen molar-refractivity contribution >= 4 is 23.6 Å². The summed E-state index contributed by atoms with van der Waals surface area (Å²) in [6, 6.07) is 0. The summed E-state index contributed by atoms with van der Waals surface area (Å²) < 4.78 is 0. The SMILES string of the molecule is O=C(O)C(=NC(=O)C(O)C(O)C(O)C(O)CO)C(=O)O. The second kappa shape index (κ2) is 7.62. The van der Waals surface area contributed by atoms with Gasteiger partial charge in [0.1, 0.15) is 18.3 Å². The average Bonchev–Trinajstić information content (AvgIpc) is 2.39. The van der Waals surface area contributed by atoms with Gasteiger partial charge in [-0.25, -0.2) is 9.59 Å². The zero-order chi connectivity index (χ0) is 16.0. The smallest absolute Gasteiger partial charge is 0.362 e. The molecule has 1 amide bonds. The lowest BCUT2D eigenvalue weighted by molar-refractivity contribution is -0.146. The first-order chi connectivity index (χ1) is 9.13. The van der Waals surface area contributed by atoms with Crippen molar-refractivity contribution in [2.24, 2.45) is 4.99 Å². The second-order valence-electron chi connectivity index (χ2n) is 3.58. The molecule has 0 rings (SSSR count). The number of rotatable bonds is 7. The van der Waals surface area contributed by atoms with Crippen LogP contribution in [0.1, 0.15) is 0 Å². The molecule has 11 nitrogen and oxygen atoms in total. The molecule has 0 aromatic carbocycles. The zero-order valence-corrected chi connectivity index (χ0v) is 9.82. The van der Waals surface area contributed by atoms with Gasteiger partial charge in [0.25, 0.3) is 5.91 Å². The number of aliphatic hydroxyl groups is 5. The number of hydrogen-bond donors (Lipinski definition) is 7. The molecule has 114 valence electrons. The minimum absolute atomic E-state index is 0.988. The summed E-state index contributed by atoms with van der Waals surface area (Å²) in [5, 5.41) is 62.1. The van der Waals surface area contributed by atoms with Gasteiger partial charge in [0.2, 0.25) is 5.71 Å². The van der Waals surface area contributed by atoms with E-state index in [1.165, 1.54) is 0 Å². The van der Waals surface area contributed by atoms with E-state index in [4.69, 9.17) is 20.4 Å². The molecule has 0 spiro atoms. The van der Waals surface area contributed by atoms with E-state index in [1.54, 1.807) is 0 Å². The maximum Gasteiger partial charge on any atom is 0.362 e. The average molecular weight is 295 g/mol. The van der Waals surface area contributed by atoms with Gasteiger partial charge in [0, 0.05) is 0 Å². The van der Waals surface area contributed by atoms with Crippen LogP contribution in [0, 0.1) is 0 Å². The molecule has 0 aliphatic heterocycles. The predicted molar refractivity (Wildman–Crippen MR) is 58.8 cm³/mol. The Morgan fingerprint density at radius 1 is 0.900 bits per heavy atom. The Kier molecular flexibility index (Phi) is 6.89. The molecule has 20 heavy (non-hydrogen) atoms. The number of aliphatic hydroxyl groups excluding tert-OH is 5. The first-order valence-electron chi connectivity index (χ1n) is 5.05. The molecule has 4 atom stereocenters. The largest absolute Gasteiger partial charge is 0.476 e. The lowest BCUT2D eigenvalue weighted by Crippen LogP contribution is -2.48. The molecule has 0 aliphatic carbocycles. The van der Waals surface area contributed by atoms with Crippen LogP contribution in [0.4, 0.5) is 0 Å². The summed E-state index contributed by atoms with van der Waals surface area (Å²) in [4.78, 5) is 34.7. The van der Waals surface area contributed by atoms with E-state index in [1.807, 2.05) is 0 Å². The standard InChI is InChI=1S/C9H13NO10/c11-1-2(12)4(13)5(14)6(15)7(16)10-3(8(17)18)9(19)20/h2,4-6,11-15H,1H2,(H,17,18)(H,19,20). The van der Waals surface area contributed by atoms with Crippen molar-refractivity contribution in [3.8, 4) is 0 Å². The summed E-state index contributed by atoms with van der Waals surface area (Å²) in [5.74, 6) is -5.85. The van der Waals surface area contributed by atoms with Crippen molar-refractivity contribution in [3.05, 3.63) is 0 Å². The number of aliphatic carboxylic acids is 2. The number of carboxylic acid groups (broad SMARTS) is 2. The summed E-state index contributed by atoms with van der Waals surface area (Å²) in [6.45, 7) is -0.988. The van der Waals surface area contributed by atoms with Crippen molar-refractivity contribution in [1.29, 1.82) is 0 Å². The maximum atomic E-state index is 11.2. The Hall–Kier alpha value is -1.92. The molecule has 7 N–H and O–H groups in total. The van der Waals surface area contributed by atoms with Crippen LogP contribution in [-0.2, 0) is 14.4 Å². The number of carboxylic acids is 2. The quantitative estimate of drug-likeness (QED) is 0.177. The molecular formula is C9H13NO10. The lowest BCUT2D eigenvalue weighted by Gasteiger charge is -2.23. The van der Waals surface area contributed by atoms with E-state index in [0.29, 0.717) is 0 Å². The first kappa shape index (κ1) is 18.1. The number of hydrogen-bond acceptors (Lipinski definition) is 8. The fourth-order valence-electron chi connectivity index (χ4n) is 1.03. The number of nitrogens with zero attached hydrogens (tertiary/aromatic N) is 1. The van der Waals surface area contributed by atoms with Crippen LogP contribution in [0.15, 0.2) is 4.99 Å². The zero-order valence-electron chi connectivity index (χ0n) is 9.82. The summed E-state index contributed by atoms with van der Waals surface area (Å²) >= 11 is 0. The molecule has 0 aliphatic rings. The highest BCUT2D eigenvalue weighted by molar-refractivity contribution is 6.62. The molecule has 0 aromatic heterocycles. The number of carbonyl (C=O) groups is 3. The molecule has 0 saturated carbocycles. The molecule has 11 heteroatoms. The van der Waals surface area contributed by atoms with Gasteiger partial charge < -0.3 is 35.7 Å². The van der Waals surface area contributed by atoms with Gasteiger partial charge in [-0.2, -0.15) is 4.99 Å². The minimum Gasteiger partial charge on any atom is -0.476 e. The molecule has 0 aromatic rings. The van der Waals surface area contributed by atoms with Gasteiger partial charge in [0.05, 0.1) is 6.61 Å². The molecule has 0 heterocycles. The van der Waals surface area contributed by atoms with Crippen molar-refractivity contribution in [2.75, 3.05) is 6.61 Å². The van der Waals surface area contributed by atoms with Crippen LogP contribution in [0.25, 0.3) is 0 Å². The lowest BCUT2D eigenvalue weighted by atomic mass is 10.0. The van der Waals surface area contributed by atoms with Crippen LogP contribution in [0.3, 0.4) is 0 Å². The Balaban J connectivity index is 5.07. The van der Waals surface area contributed by atoms with E-state index in [2.05, 4.69) is 4.99 Å². The van der Waals surface area contributed by atoms with Gasteiger partial charge in [-0.05, 0) is 0 Å². The predicted octanol–water partition coefficient (Wildman–Crippen LogP) is -4.44. The summed E-state index contributed by atoms with van der Waals surface area (Å²) in [5.41, 5.74) is -1.60. The van der Waals surface area contributed by atoms with Crippen molar-refractivity contribution in [3.63, 3.8) is 0 Å². The van der Waals surface area contributed by atoms with Crippen LogP contribution < -0.4 is 0 Å². The Bertz CT molecular complexity index is 403. The fraction of sp³-hybridized carbons (Fsp3) is 0.556. The highest BCUT2D eigenvalue weighted by Gasteiger charge is 2.35. The van der Waals surface area contributed by atoms with Gasteiger partial charge in [0.15, 0.2) is 6.10 Å². The number of carbonyl (C=O) groups excluding carboxylic acids is 1. The van der Waals surface area contributed by atoms with Crippen LogP contribution >= 0.6 is 0 Å². The van der Waals surface area contributed by atoms with Crippen LogP contribution in [0.5, 0.6) is 0 Å². The van der Waals surface area contributed by atoms with Crippen molar-refractivity contribution in [1.82, 2.24) is 0 Å². The Labute approximate surface area is 111 Å². The number of amides is 1. The number of aliphatic imine (C=N–C) groups is 1. The van der Waals surface area contributed by atoms with Crippen LogP contribution in [0.2, 0.25) is 0 Å². The normalized spacial score (nSPS) is 16.6. The van der Waals surface area contributed by atoms with Gasteiger partial charge in [-0.1, -0.05) is 0 Å². The fourth-order valence-corrected chi connectivity index (χ4v) is 1.03. The maximum absolute atomic E-state index is 11.2. The molecular weight excluding hydrogens is 282 g/mol. The van der Waals surface area contributed by atoms with E-state index in [9.17, 15) is 29.7 Å². The topological polar surface area (TPSA) is 205 Å². The molecule has 0 bridgehead atoms. The third kappa shape index (κ3) is 4.64. The second-order valence-corrected chi connectivity index (χ2v) is 3.58. The first-order valence-corrected chi connectivity index (χ1v) is 5.05. The van der Waals surface area contributed by atoms with E-state index < -0.39 is 54.6 Å². The van der Waals surface area contributed by atoms with E-state index in [0.717, 1.165) is 0 Å². The third-order valence-corrected chi connectivity index (χ3v) is 2.13. The van der Waals surface area contributed by atoms with Crippen molar-refractivity contribution < 1.29 is 50.1 Å². The van der Waals surface area contributed by atoms with Crippen molar-refractivity contribution in [2.45, 2.75) is 24.4 Å². The molecule has 0 saturated heterocycles. The molecule has 0 radical (unpaired) electrons.